The molecule has 0 spiro atoms. The van der Waals surface area contributed by atoms with E-state index in [1.165, 1.54) is 31.2 Å². The van der Waals surface area contributed by atoms with Gasteiger partial charge in [-0.2, -0.15) is 0 Å². The fourth-order valence-electron chi connectivity index (χ4n) is 3.24. The Bertz CT molecular complexity index is 605. The van der Waals surface area contributed by atoms with Gasteiger partial charge >= 0.3 is 0 Å². The third-order valence-corrected chi connectivity index (χ3v) is 5.13. The van der Waals surface area contributed by atoms with Gasteiger partial charge in [0.1, 0.15) is 5.78 Å². The Labute approximate surface area is 172 Å². The van der Waals surface area contributed by atoms with Gasteiger partial charge in [-0.1, -0.05) is 75.2 Å². The fourth-order valence-corrected chi connectivity index (χ4v) is 3.24. The standard InChI is InChI=1S/C16H20O.C10H18O/c17-16(13-11-15-8-4-5-9-15)12-10-14-6-2-1-3-7-14;1-4-5-6-7-8-10(11)9(2)3/h1-3,6-7,11,13,15H,4-5,8-10,12H2;4-5,9H,6-8H2,1-3H3/b13-11+;5-4-. The van der Waals surface area contributed by atoms with E-state index in [1.54, 1.807) is 6.08 Å². The number of carbonyl (C=O) groups excluding carboxylic acids is 2. The van der Waals surface area contributed by atoms with Crippen molar-refractivity contribution in [2.45, 2.75) is 78.6 Å². The first-order valence-electron chi connectivity index (χ1n) is 10.9. The molecule has 1 aliphatic carbocycles. The highest BCUT2D eigenvalue weighted by Crippen LogP contribution is 2.25. The summed E-state index contributed by atoms with van der Waals surface area (Å²) in [6.07, 6.45) is 17.5. The van der Waals surface area contributed by atoms with Crippen molar-refractivity contribution in [2.24, 2.45) is 11.8 Å². The lowest BCUT2D eigenvalue weighted by Crippen LogP contribution is -2.05. The summed E-state index contributed by atoms with van der Waals surface area (Å²) >= 11 is 0. The van der Waals surface area contributed by atoms with Crippen LogP contribution in [0.15, 0.2) is 54.6 Å². The van der Waals surface area contributed by atoms with Crippen LogP contribution in [-0.4, -0.2) is 11.6 Å². The van der Waals surface area contributed by atoms with Crippen molar-refractivity contribution in [2.75, 3.05) is 0 Å². The van der Waals surface area contributed by atoms with Gasteiger partial charge in [-0.25, -0.2) is 0 Å². The Morgan fingerprint density at radius 1 is 1.07 bits per heavy atom. The van der Waals surface area contributed by atoms with Crippen molar-refractivity contribution < 1.29 is 9.59 Å². The minimum absolute atomic E-state index is 0.209. The molecule has 1 aromatic rings. The average molecular weight is 383 g/mol. The highest BCUT2D eigenvalue weighted by molar-refractivity contribution is 5.89. The summed E-state index contributed by atoms with van der Waals surface area (Å²) in [5.41, 5.74) is 1.25. The molecule has 0 bridgehead atoms. The fraction of sp³-hybridized carbons (Fsp3) is 0.538. The third-order valence-electron chi connectivity index (χ3n) is 5.13. The molecule has 1 fully saturated rings. The minimum Gasteiger partial charge on any atom is -0.299 e. The van der Waals surface area contributed by atoms with Gasteiger partial charge in [0.15, 0.2) is 5.78 Å². The zero-order valence-corrected chi connectivity index (χ0v) is 18.0. The smallest absolute Gasteiger partial charge is 0.155 e. The molecule has 0 aliphatic heterocycles. The van der Waals surface area contributed by atoms with Crippen LogP contribution in [0.4, 0.5) is 0 Å². The van der Waals surface area contributed by atoms with E-state index in [-0.39, 0.29) is 11.7 Å². The number of allylic oxidation sites excluding steroid dienone is 4. The summed E-state index contributed by atoms with van der Waals surface area (Å²) in [4.78, 5) is 22.8. The number of rotatable bonds is 10. The van der Waals surface area contributed by atoms with Gasteiger partial charge in [0.2, 0.25) is 0 Å². The number of hydrogen-bond acceptors (Lipinski definition) is 2. The summed E-state index contributed by atoms with van der Waals surface area (Å²) in [5, 5.41) is 0. The molecule has 0 amide bonds. The molecule has 2 rings (SSSR count). The lowest BCUT2D eigenvalue weighted by Gasteiger charge is -2.01. The zero-order chi connectivity index (χ0) is 20.6. The molecular weight excluding hydrogens is 344 g/mol. The van der Waals surface area contributed by atoms with Crippen LogP contribution in [0.2, 0.25) is 0 Å². The predicted octanol–water partition coefficient (Wildman–Crippen LogP) is 6.89. The quantitative estimate of drug-likeness (QED) is 0.251. The first-order chi connectivity index (χ1) is 13.5. The molecule has 0 heterocycles. The van der Waals surface area contributed by atoms with Gasteiger partial charge in [-0.15, -0.1) is 0 Å². The number of ketones is 2. The molecule has 0 N–H and O–H groups in total. The van der Waals surface area contributed by atoms with E-state index in [0.717, 1.165) is 25.7 Å². The van der Waals surface area contributed by atoms with Crippen LogP contribution in [0.5, 0.6) is 0 Å². The molecule has 0 saturated heterocycles. The summed E-state index contributed by atoms with van der Waals surface area (Å²) in [6, 6.07) is 10.2. The molecule has 2 heteroatoms. The van der Waals surface area contributed by atoms with Crippen molar-refractivity contribution in [3.8, 4) is 0 Å². The van der Waals surface area contributed by atoms with Crippen molar-refractivity contribution in [1.29, 1.82) is 0 Å². The van der Waals surface area contributed by atoms with Gasteiger partial charge in [0.25, 0.3) is 0 Å². The van der Waals surface area contributed by atoms with Gasteiger partial charge in [0, 0.05) is 18.8 Å². The van der Waals surface area contributed by atoms with E-state index in [4.69, 9.17) is 0 Å². The number of benzene rings is 1. The lowest BCUT2D eigenvalue weighted by atomic mass is 10.0. The molecular formula is C26H38O2. The maximum Gasteiger partial charge on any atom is 0.155 e. The highest BCUT2D eigenvalue weighted by Gasteiger charge is 2.11. The van der Waals surface area contributed by atoms with Gasteiger partial charge in [-0.05, 0) is 56.6 Å². The number of aryl methyl sites for hydroxylation is 1. The van der Waals surface area contributed by atoms with Crippen molar-refractivity contribution in [1.82, 2.24) is 0 Å². The van der Waals surface area contributed by atoms with E-state index >= 15 is 0 Å². The Morgan fingerprint density at radius 2 is 1.75 bits per heavy atom. The van der Waals surface area contributed by atoms with E-state index in [9.17, 15) is 9.59 Å². The number of unbranched alkanes of at least 4 members (excludes halogenated alkanes) is 1. The molecule has 1 saturated carbocycles. The van der Waals surface area contributed by atoms with Crippen molar-refractivity contribution in [3.05, 3.63) is 60.2 Å². The molecule has 2 nitrogen and oxygen atoms in total. The Hall–Kier alpha value is -1.96. The molecule has 28 heavy (non-hydrogen) atoms. The van der Waals surface area contributed by atoms with E-state index in [1.807, 2.05) is 45.0 Å². The summed E-state index contributed by atoms with van der Waals surface area (Å²) < 4.78 is 0. The first kappa shape index (κ1) is 24.1. The molecule has 1 aliphatic rings. The second-order valence-corrected chi connectivity index (χ2v) is 7.94. The maximum absolute atomic E-state index is 11.7. The summed E-state index contributed by atoms with van der Waals surface area (Å²) in [7, 11) is 0. The van der Waals surface area contributed by atoms with E-state index in [2.05, 4.69) is 24.3 Å². The number of hydrogen-bond donors (Lipinski definition) is 0. The Balaban J connectivity index is 0.000000311. The van der Waals surface area contributed by atoms with Gasteiger partial charge < -0.3 is 0 Å². The van der Waals surface area contributed by atoms with Crippen LogP contribution in [0.3, 0.4) is 0 Å². The van der Waals surface area contributed by atoms with Crippen LogP contribution in [0, 0.1) is 11.8 Å². The topological polar surface area (TPSA) is 34.1 Å². The molecule has 0 aromatic heterocycles. The minimum atomic E-state index is 0.209. The van der Waals surface area contributed by atoms with Crippen molar-refractivity contribution >= 4 is 11.6 Å². The monoisotopic (exact) mass is 382 g/mol. The van der Waals surface area contributed by atoms with Crippen LogP contribution < -0.4 is 0 Å². The third kappa shape index (κ3) is 11.7. The number of carbonyl (C=O) groups is 2. The maximum atomic E-state index is 11.7. The first-order valence-corrected chi connectivity index (χ1v) is 10.9. The van der Waals surface area contributed by atoms with Crippen LogP contribution in [-0.2, 0) is 16.0 Å². The van der Waals surface area contributed by atoms with Crippen LogP contribution in [0.1, 0.15) is 77.7 Å². The normalized spacial score (nSPS) is 14.6. The van der Waals surface area contributed by atoms with Gasteiger partial charge in [-0.3, -0.25) is 9.59 Å². The highest BCUT2D eigenvalue weighted by atomic mass is 16.1. The molecule has 154 valence electrons. The average Bonchev–Trinajstić information content (AvgIpc) is 3.23. The molecule has 0 radical (unpaired) electrons. The lowest BCUT2D eigenvalue weighted by molar-refractivity contribution is -0.122. The molecule has 1 aromatic carbocycles. The second kappa shape index (κ2) is 15.0. The second-order valence-electron chi connectivity index (χ2n) is 7.94. The zero-order valence-electron chi connectivity index (χ0n) is 18.0. The predicted molar refractivity (Wildman–Crippen MR) is 119 cm³/mol. The van der Waals surface area contributed by atoms with E-state index in [0.29, 0.717) is 18.1 Å². The largest absolute Gasteiger partial charge is 0.299 e. The summed E-state index contributed by atoms with van der Waals surface area (Å²) in [5.74, 6) is 1.52. The Kier molecular flexibility index (Phi) is 12.9. The summed E-state index contributed by atoms with van der Waals surface area (Å²) in [6.45, 7) is 5.92. The van der Waals surface area contributed by atoms with Gasteiger partial charge in [0.05, 0.1) is 0 Å². The van der Waals surface area contributed by atoms with Crippen LogP contribution >= 0.6 is 0 Å². The van der Waals surface area contributed by atoms with E-state index < -0.39 is 0 Å². The van der Waals surface area contributed by atoms with Crippen molar-refractivity contribution in [3.63, 3.8) is 0 Å². The molecule has 0 unspecified atom stereocenters. The van der Waals surface area contributed by atoms with Crippen LogP contribution in [0.25, 0.3) is 0 Å². The molecule has 0 atom stereocenters. The number of Topliss-reactive ketones (excluding diaryl/α,β-unsaturated/α-hetero) is 1. The SMILES string of the molecule is C/C=C\CCCC(=O)C(C)C.O=C(/C=C/C1CCCC1)CCc1ccccc1. The Morgan fingerprint density at radius 3 is 2.36 bits per heavy atom.